The first-order valence-corrected chi connectivity index (χ1v) is 6.30. The molecule has 0 radical (unpaired) electrons. The van der Waals surface area contributed by atoms with Gasteiger partial charge >= 0.3 is 0 Å². The van der Waals surface area contributed by atoms with Gasteiger partial charge in [-0.25, -0.2) is 0 Å². The van der Waals surface area contributed by atoms with Crippen LogP contribution in [0.5, 0.6) is 0 Å². The number of nitrogens with zero attached hydrogens (tertiary/aromatic N) is 2. The van der Waals surface area contributed by atoms with Gasteiger partial charge in [-0.3, -0.25) is 4.79 Å². The normalized spacial score (nSPS) is 17.4. The van der Waals surface area contributed by atoms with Gasteiger partial charge < -0.3 is 14.8 Å². The zero-order chi connectivity index (χ0) is 12.3. The van der Waals surface area contributed by atoms with Crippen molar-refractivity contribution in [1.82, 2.24) is 14.8 Å². The molecular weight excluding hydrogens is 214 g/mol. The largest absolute Gasteiger partial charge is 0.357 e. The fraction of sp³-hybridized carbons (Fsp3) is 0.615. The predicted octanol–water partition coefficient (Wildman–Crippen LogP) is 1.13. The van der Waals surface area contributed by atoms with Gasteiger partial charge in [0.2, 0.25) is 5.91 Å². The molecule has 4 nitrogen and oxygen atoms in total. The lowest BCUT2D eigenvalue weighted by atomic mass is 10.2. The molecule has 0 spiro atoms. The number of likely N-dealkylation sites (tertiary alicyclic amines) is 1. The second kappa shape index (κ2) is 5.36. The number of hydrogen-bond acceptors (Lipinski definition) is 2. The highest BCUT2D eigenvalue weighted by Gasteiger charge is 2.22. The van der Waals surface area contributed by atoms with Crippen LogP contribution in [-0.2, 0) is 18.4 Å². The van der Waals surface area contributed by atoms with E-state index in [1.165, 1.54) is 5.56 Å². The molecule has 0 aliphatic carbocycles. The standard InChI is InChI=1S/C13H21N3O/c1-11(13(17)16-6-3-4-7-16)14-9-12-5-8-15(2)10-12/h5,8,10-11,14H,3-4,6-7,9H2,1-2H3. The molecule has 1 unspecified atom stereocenters. The summed E-state index contributed by atoms with van der Waals surface area (Å²) in [5, 5.41) is 3.28. The molecule has 1 N–H and O–H groups in total. The number of rotatable bonds is 4. The topological polar surface area (TPSA) is 37.3 Å². The lowest BCUT2D eigenvalue weighted by Gasteiger charge is -2.20. The number of amides is 1. The summed E-state index contributed by atoms with van der Waals surface area (Å²) in [5.74, 6) is 0.235. The van der Waals surface area contributed by atoms with Crippen LogP contribution >= 0.6 is 0 Å². The van der Waals surface area contributed by atoms with E-state index in [-0.39, 0.29) is 11.9 Å². The Morgan fingerprint density at radius 3 is 2.76 bits per heavy atom. The van der Waals surface area contributed by atoms with Crippen LogP contribution in [0, 0.1) is 0 Å². The second-order valence-electron chi connectivity index (χ2n) is 4.82. The van der Waals surface area contributed by atoms with Crippen LogP contribution in [0.3, 0.4) is 0 Å². The Morgan fingerprint density at radius 2 is 2.18 bits per heavy atom. The van der Waals surface area contributed by atoms with Gasteiger partial charge in [-0.15, -0.1) is 0 Å². The minimum absolute atomic E-state index is 0.0895. The van der Waals surface area contributed by atoms with Crippen molar-refractivity contribution < 1.29 is 4.79 Å². The molecule has 17 heavy (non-hydrogen) atoms. The van der Waals surface area contributed by atoms with E-state index in [4.69, 9.17) is 0 Å². The van der Waals surface area contributed by atoms with Crippen LogP contribution < -0.4 is 5.32 Å². The summed E-state index contributed by atoms with van der Waals surface area (Å²) in [6, 6.07) is 1.98. The van der Waals surface area contributed by atoms with Crippen molar-refractivity contribution >= 4 is 5.91 Å². The van der Waals surface area contributed by atoms with Crippen molar-refractivity contribution in [2.75, 3.05) is 13.1 Å². The van der Waals surface area contributed by atoms with Crippen molar-refractivity contribution in [2.45, 2.75) is 32.4 Å². The first-order valence-electron chi connectivity index (χ1n) is 6.30. The summed E-state index contributed by atoms with van der Waals surface area (Å²) in [5.41, 5.74) is 1.22. The van der Waals surface area contributed by atoms with Crippen LogP contribution in [0.2, 0.25) is 0 Å². The Labute approximate surface area is 103 Å². The van der Waals surface area contributed by atoms with Gasteiger partial charge in [-0.2, -0.15) is 0 Å². The van der Waals surface area contributed by atoms with Crippen molar-refractivity contribution in [3.05, 3.63) is 24.0 Å². The first kappa shape index (κ1) is 12.2. The molecule has 0 aromatic carbocycles. The van der Waals surface area contributed by atoms with E-state index in [9.17, 15) is 4.79 Å². The molecular formula is C13H21N3O. The van der Waals surface area contributed by atoms with E-state index in [1.807, 2.05) is 29.6 Å². The Balaban J connectivity index is 1.80. The zero-order valence-corrected chi connectivity index (χ0v) is 10.6. The predicted molar refractivity (Wildman–Crippen MR) is 67.5 cm³/mol. The van der Waals surface area contributed by atoms with Crippen molar-refractivity contribution in [3.8, 4) is 0 Å². The molecule has 1 aromatic heterocycles. The Kier molecular flexibility index (Phi) is 3.84. The molecule has 1 saturated heterocycles. The highest BCUT2D eigenvalue weighted by molar-refractivity contribution is 5.81. The molecule has 94 valence electrons. The van der Waals surface area contributed by atoms with Gasteiger partial charge in [0.05, 0.1) is 6.04 Å². The molecule has 1 fully saturated rings. The molecule has 1 aromatic rings. The summed E-state index contributed by atoms with van der Waals surface area (Å²) in [6.07, 6.45) is 6.39. The van der Waals surface area contributed by atoms with Crippen LogP contribution in [-0.4, -0.2) is 34.5 Å². The third-order valence-electron chi connectivity index (χ3n) is 3.29. The minimum Gasteiger partial charge on any atom is -0.357 e. The third kappa shape index (κ3) is 3.09. The van der Waals surface area contributed by atoms with Gasteiger partial charge in [0.15, 0.2) is 0 Å². The molecule has 0 saturated carbocycles. The maximum absolute atomic E-state index is 12.0. The summed E-state index contributed by atoms with van der Waals surface area (Å²) < 4.78 is 2.02. The van der Waals surface area contributed by atoms with Crippen LogP contribution in [0.15, 0.2) is 18.5 Å². The van der Waals surface area contributed by atoms with Crippen LogP contribution in [0.4, 0.5) is 0 Å². The molecule has 4 heteroatoms. The average Bonchev–Trinajstić information content (AvgIpc) is 2.95. The lowest BCUT2D eigenvalue weighted by molar-refractivity contribution is -0.131. The highest BCUT2D eigenvalue weighted by Crippen LogP contribution is 2.09. The number of carbonyl (C=O) groups excluding carboxylic acids is 1. The summed E-state index contributed by atoms with van der Waals surface area (Å²) in [7, 11) is 2.00. The van der Waals surface area contributed by atoms with Crippen LogP contribution in [0.25, 0.3) is 0 Å². The first-order chi connectivity index (χ1) is 8.16. The zero-order valence-electron chi connectivity index (χ0n) is 10.6. The lowest BCUT2D eigenvalue weighted by Crippen LogP contribution is -2.43. The van der Waals surface area contributed by atoms with Crippen molar-refractivity contribution in [3.63, 3.8) is 0 Å². The number of aromatic nitrogens is 1. The third-order valence-corrected chi connectivity index (χ3v) is 3.29. The van der Waals surface area contributed by atoms with E-state index in [2.05, 4.69) is 17.6 Å². The van der Waals surface area contributed by atoms with E-state index < -0.39 is 0 Å². The summed E-state index contributed by atoms with van der Waals surface area (Å²) in [4.78, 5) is 14.0. The highest BCUT2D eigenvalue weighted by atomic mass is 16.2. The number of nitrogens with one attached hydrogen (secondary N) is 1. The fourth-order valence-electron chi connectivity index (χ4n) is 2.24. The molecule has 1 amide bonds. The molecule has 1 aliphatic heterocycles. The van der Waals surface area contributed by atoms with E-state index in [1.54, 1.807) is 0 Å². The van der Waals surface area contributed by atoms with E-state index >= 15 is 0 Å². The molecule has 2 rings (SSSR count). The number of aryl methyl sites for hydroxylation is 1. The minimum atomic E-state index is -0.0895. The second-order valence-corrected chi connectivity index (χ2v) is 4.82. The Hall–Kier alpha value is -1.29. The van der Waals surface area contributed by atoms with E-state index in [0.29, 0.717) is 0 Å². The monoisotopic (exact) mass is 235 g/mol. The van der Waals surface area contributed by atoms with Crippen LogP contribution in [0.1, 0.15) is 25.3 Å². The molecule has 1 aliphatic rings. The molecule has 1 atom stereocenters. The van der Waals surface area contributed by atoms with Crippen molar-refractivity contribution in [2.24, 2.45) is 7.05 Å². The Morgan fingerprint density at radius 1 is 1.47 bits per heavy atom. The Bertz CT molecular complexity index is 380. The van der Waals surface area contributed by atoms with Gasteiger partial charge in [-0.05, 0) is 31.4 Å². The molecule has 2 heterocycles. The maximum atomic E-state index is 12.0. The van der Waals surface area contributed by atoms with Gasteiger partial charge in [0.1, 0.15) is 0 Å². The average molecular weight is 235 g/mol. The number of hydrogen-bond donors (Lipinski definition) is 1. The maximum Gasteiger partial charge on any atom is 0.239 e. The molecule has 0 bridgehead atoms. The summed E-state index contributed by atoms with van der Waals surface area (Å²) in [6.45, 7) is 4.55. The van der Waals surface area contributed by atoms with Gasteiger partial charge in [0.25, 0.3) is 0 Å². The SMILES string of the molecule is CC(NCc1ccn(C)c1)C(=O)N1CCCC1. The number of carbonyl (C=O) groups is 1. The van der Waals surface area contributed by atoms with Crippen molar-refractivity contribution in [1.29, 1.82) is 0 Å². The van der Waals surface area contributed by atoms with E-state index in [0.717, 1.165) is 32.5 Å². The smallest absolute Gasteiger partial charge is 0.239 e. The van der Waals surface area contributed by atoms with Gasteiger partial charge in [0, 0.05) is 39.1 Å². The fourth-order valence-corrected chi connectivity index (χ4v) is 2.24. The summed E-state index contributed by atoms with van der Waals surface area (Å²) >= 11 is 0. The van der Waals surface area contributed by atoms with Gasteiger partial charge in [-0.1, -0.05) is 0 Å². The quantitative estimate of drug-likeness (QED) is 0.849.